The highest BCUT2D eigenvalue weighted by Crippen LogP contribution is 2.24. The molecule has 1 aliphatic heterocycles. The van der Waals surface area contributed by atoms with E-state index >= 15 is 0 Å². The summed E-state index contributed by atoms with van der Waals surface area (Å²) in [7, 11) is 3.93. The van der Waals surface area contributed by atoms with Gasteiger partial charge in [0.05, 0.1) is 5.71 Å². The van der Waals surface area contributed by atoms with E-state index in [1.165, 1.54) is 74.1 Å². The molecule has 3 rings (SSSR count). The molecule has 0 radical (unpaired) electrons. The van der Waals surface area contributed by atoms with Crippen molar-refractivity contribution in [3.63, 3.8) is 0 Å². The number of nitrogens with one attached hydrogen (secondary N) is 1. The quantitative estimate of drug-likeness (QED) is 0.685. The summed E-state index contributed by atoms with van der Waals surface area (Å²) in [4.78, 5) is 7.17. The van der Waals surface area contributed by atoms with Crippen LogP contribution in [0.4, 0.5) is 0 Å². The standard InChI is InChI=1S/C25H35N3/c1-20-9-11-22(12-10-20)24(26-2)19-25(27-3)23-14-17-28(18-15-23)16-13-21-7-5-4-6-8-21/h5,7-12,19,23,27H,4,6,13-18H2,1-3H3/b25-19-,26-24?. The first-order chi connectivity index (χ1) is 13.7. The largest absolute Gasteiger partial charge is 0.391 e. The van der Waals surface area contributed by atoms with Crippen LogP contribution < -0.4 is 5.32 Å². The van der Waals surface area contributed by atoms with E-state index in [0.29, 0.717) is 5.92 Å². The zero-order valence-corrected chi connectivity index (χ0v) is 17.7. The van der Waals surface area contributed by atoms with Gasteiger partial charge in [0.1, 0.15) is 0 Å². The van der Waals surface area contributed by atoms with Gasteiger partial charge in [-0.25, -0.2) is 0 Å². The van der Waals surface area contributed by atoms with Gasteiger partial charge in [-0.1, -0.05) is 53.6 Å². The second kappa shape index (κ2) is 10.4. The van der Waals surface area contributed by atoms with E-state index in [1.54, 1.807) is 0 Å². The molecule has 1 aromatic rings. The Morgan fingerprint density at radius 3 is 2.54 bits per heavy atom. The highest BCUT2D eigenvalue weighted by atomic mass is 15.1. The predicted octanol–water partition coefficient (Wildman–Crippen LogP) is 4.90. The number of likely N-dealkylation sites (tertiary alicyclic amines) is 1. The Bertz CT molecular complexity index is 745. The van der Waals surface area contributed by atoms with Gasteiger partial charge in [0.2, 0.25) is 0 Å². The molecular formula is C25H35N3. The summed E-state index contributed by atoms with van der Waals surface area (Å²) < 4.78 is 0. The Labute approximate surface area is 170 Å². The van der Waals surface area contributed by atoms with E-state index in [4.69, 9.17) is 0 Å². The summed E-state index contributed by atoms with van der Waals surface area (Å²) in [5, 5.41) is 3.46. The minimum absolute atomic E-state index is 0.595. The summed E-state index contributed by atoms with van der Waals surface area (Å²) in [6.45, 7) is 5.68. The van der Waals surface area contributed by atoms with Gasteiger partial charge in [-0.2, -0.15) is 0 Å². The molecule has 1 N–H and O–H groups in total. The Balaban J connectivity index is 1.56. The first kappa shape index (κ1) is 20.6. The summed E-state index contributed by atoms with van der Waals surface area (Å²) in [5.74, 6) is 0.595. The van der Waals surface area contributed by atoms with Crippen molar-refractivity contribution in [2.24, 2.45) is 10.9 Å². The smallest absolute Gasteiger partial charge is 0.0660 e. The van der Waals surface area contributed by atoms with E-state index in [1.807, 2.05) is 14.1 Å². The van der Waals surface area contributed by atoms with Crippen LogP contribution in [-0.2, 0) is 0 Å². The van der Waals surface area contributed by atoms with Gasteiger partial charge in [0.15, 0.2) is 0 Å². The molecule has 0 atom stereocenters. The predicted molar refractivity (Wildman–Crippen MR) is 121 cm³/mol. The van der Waals surface area contributed by atoms with Crippen LogP contribution in [0.2, 0.25) is 0 Å². The van der Waals surface area contributed by atoms with Crippen molar-refractivity contribution in [3.8, 4) is 0 Å². The minimum atomic E-state index is 0.595. The maximum absolute atomic E-state index is 4.54. The highest BCUT2D eigenvalue weighted by molar-refractivity contribution is 6.09. The first-order valence-electron chi connectivity index (χ1n) is 10.7. The molecule has 150 valence electrons. The lowest BCUT2D eigenvalue weighted by molar-refractivity contribution is 0.198. The van der Waals surface area contributed by atoms with Gasteiger partial charge in [0, 0.05) is 32.3 Å². The number of aliphatic imine (C=N–C) groups is 1. The van der Waals surface area contributed by atoms with Crippen molar-refractivity contribution in [2.75, 3.05) is 33.7 Å². The summed E-state index contributed by atoms with van der Waals surface area (Å²) >= 11 is 0. The molecule has 0 unspecified atom stereocenters. The Kier molecular flexibility index (Phi) is 7.67. The fourth-order valence-electron chi connectivity index (χ4n) is 4.15. The topological polar surface area (TPSA) is 27.6 Å². The summed E-state index contributed by atoms with van der Waals surface area (Å²) in [6.07, 6.45) is 15.3. The molecule has 0 aromatic heterocycles. The molecule has 1 aliphatic carbocycles. The number of hydrogen-bond donors (Lipinski definition) is 1. The van der Waals surface area contributed by atoms with Gasteiger partial charge in [0.25, 0.3) is 0 Å². The minimum Gasteiger partial charge on any atom is -0.391 e. The average Bonchev–Trinajstić information content (AvgIpc) is 2.75. The maximum atomic E-state index is 4.54. The summed E-state index contributed by atoms with van der Waals surface area (Å²) in [5.41, 5.74) is 6.36. The lowest BCUT2D eigenvalue weighted by atomic mass is 9.91. The normalized spacial score (nSPS) is 19.6. The molecule has 1 aromatic carbocycles. The lowest BCUT2D eigenvalue weighted by Crippen LogP contribution is -2.36. The van der Waals surface area contributed by atoms with Crippen LogP contribution in [-0.4, -0.2) is 44.3 Å². The van der Waals surface area contributed by atoms with Crippen molar-refractivity contribution in [2.45, 2.75) is 39.0 Å². The molecular weight excluding hydrogens is 342 g/mol. The molecule has 3 nitrogen and oxygen atoms in total. The third-order valence-electron chi connectivity index (χ3n) is 5.99. The third-order valence-corrected chi connectivity index (χ3v) is 5.99. The van der Waals surface area contributed by atoms with Crippen molar-refractivity contribution in [1.82, 2.24) is 10.2 Å². The molecule has 0 spiro atoms. The van der Waals surface area contributed by atoms with E-state index in [9.17, 15) is 0 Å². The van der Waals surface area contributed by atoms with E-state index in [2.05, 4.69) is 70.7 Å². The van der Waals surface area contributed by atoms with Gasteiger partial charge in [-0.05, 0) is 63.8 Å². The number of hydrogen-bond acceptors (Lipinski definition) is 3. The molecule has 0 amide bonds. The van der Waals surface area contributed by atoms with Crippen LogP contribution in [0.15, 0.2) is 64.8 Å². The van der Waals surface area contributed by atoms with E-state index < -0.39 is 0 Å². The van der Waals surface area contributed by atoms with Crippen LogP contribution in [0.5, 0.6) is 0 Å². The molecule has 0 bridgehead atoms. The summed E-state index contributed by atoms with van der Waals surface area (Å²) in [6, 6.07) is 8.64. The van der Waals surface area contributed by atoms with E-state index in [-0.39, 0.29) is 0 Å². The van der Waals surface area contributed by atoms with Crippen molar-refractivity contribution in [3.05, 3.63) is 71.0 Å². The number of piperidine rings is 1. The van der Waals surface area contributed by atoms with Crippen LogP contribution in [0.25, 0.3) is 0 Å². The molecule has 28 heavy (non-hydrogen) atoms. The second-order valence-corrected chi connectivity index (χ2v) is 7.95. The van der Waals surface area contributed by atoms with Gasteiger partial charge in [-0.3, -0.25) is 4.99 Å². The number of nitrogens with zero attached hydrogens (tertiary/aromatic N) is 2. The van der Waals surface area contributed by atoms with Gasteiger partial charge in [-0.15, -0.1) is 0 Å². The fourth-order valence-corrected chi connectivity index (χ4v) is 4.15. The van der Waals surface area contributed by atoms with Crippen molar-refractivity contribution < 1.29 is 0 Å². The zero-order valence-electron chi connectivity index (χ0n) is 17.7. The van der Waals surface area contributed by atoms with Crippen molar-refractivity contribution in [1.29, 1.82) is 0 Å². The molecule has 1 fully saturated rings. The van der Waals surface area contributed by atoms with Crippen LogP contribution in [0.3, 0.4) is 0 Å². The molecule has 1 heterocycles. The molecule has 2 aliphatic rings. The SMILES string of the molecule is CN=C(/C=C(\NC)C1CCN(CCC2=CCCC=C2)CC1)c1ccc(C)cc1. The number of allylic oxidation sites excluding steroid dienone is 5. The Hall–Kier alpha value is -2.13. The molecule has 0 saturated carbocycles. The molecule has 3 heteroatoms. The second-order valence-electron chi connectivity index (χ2n) is 7.95. The first-order valence-corrected chi connectivity index (χ1v) is 10.7. The third kappa shape index (κ3) is 5.68. The monoisotopic (exact) mass is 377 g/mol. The lowest BCUT2D eigenvalue weighted by Gasteiger charge is -2.33. The number of aryl methyl sites for hydroxylation is 1. The fraction of sp³-hybridized carbons (Fsp3) is 0.480. The van der Waals surface area contributed by atoms with Crippen LogP contribution in [0, 0.1) is 12.8 Å². The van der Waals surface area contributed by atoms with Gasteiger partial charge >= 0.3 is 0 Å². The van der Waals surface area contributed by atoms with E-state index in [0.717, 1.165) is 5.71 Å². The average molecular weight is 378 g/mol. The highest BCUT2D eigenvalue weighted by Gasteiger charge is 2.22. The zero-order chi connectivity index (χ0) is 19.8. The number of rotatable bonds is 7. The number of benzene rings is 1. The van der Waals surface area contributed by atoms with Gasteiger partial charge < -0.3 is 10.2 Å². The molecule has 1 saturated heterocycles. The maximum Gasteiger partial charge on any atom is 0.0660 e. The Morgan fingerprint density at radius 2 is 1.93 bits per heavy atom. The van der Waals surface area contributed by atoms with Crippen LogP contribution in [0.1, 0.15) is 43.2 Å². The van der Waals surface area contributed by atoms with Crippen molar-refractivity contribution >= 4 is 5.71 Å². The Morgan fingerprint density at radius 1 is 1.18 bits per heavy atom. The van der Waals surface area contributed by atoms with Crippen LogP contribution >= 0.6 is 0 Å².